The van der Waals surface area contributed by atoms with E-state index >= 15 is 0 Å². The maximum absolute atomic E-state index is 5.36. The molecular formula is C9H19NO3. The molecule has 1 unspecified atom stereocenters. The lowest BCUT2D eigenvalue weighted by molar-refractivity contribution is -0.137. The Kier molecular flexibility index (Phi) is 6.10. The molecule has 0 aromatic heterocycles. The predicted octanol–water partition coefficient (Wildman–Crippen LogP) is 0.375. The lowest BCUT2D eigenvalue weighted by Gasteiger charge is -2.22. The summed E-state index contributed by atoms with van der Waals surface area (Å²) in [5, 5.41) is 3.28. The largest absolute Gasteiger partial charge is 0.380 e. The summed E-state index contributed by atoms with van der Waals surface area (Å²) in [6.07, 6.45) is 1.30. The molecule has 1 aliphatic rings. The van der Waals surface area contributed by atoms with Gasteiger partial charge in [-0.3, -0.25) is 0 Å². The minimum Gasteiger partial charge on any atom is -0.380 e. The summed E-state index contributed by atoms with van der Waals surface area (Å²) >= 11 is 0. The van der Waals surface area contributed by atoms with E-state index in [4.69, 9.17) is 14.2 Å². The molecule has 1 rings (SSSR count). The average Bonchev–Trinajstić information content (AvgIpc) is 2.19. The van der Waals surface area contributed by atoms with Gasteiger partial charge in [0, 0.05) is 19.7 Å². The van der Waals surface area contributed by atoms with Crippen LogP contribution < -0.4 is 5.32 Å². The van der Waals surface area contributed by atoms with Crippen LogP contribution in [-0.4, -0.2) is 45.8 Å². The minimum atomic E-state index is 0.315. The van der Waals surface area contributed by atoms with Gasteiger partial charge in [-0.25, -0.2) is 0 Å². The fourth-order valence-corrected chi connectivity index (χ4v) is 1.21. The van der Waals surface area contributed by atoms with Gasteiger partial charge < -0.3 is 19.5 Å². The molecule has 1 N–H and O–H groups in total. The Labute approximate surface area is 79.5 Å². The van der Waals surface area contributed by atoms with Crippen LogP contribution in [0, 0.1) is 0 Å². The molecule has 0 saturated carbocycles. The maximum Gasteiger partial charge on any atom is 0.147 e. The van der Waals surface area contributed by atoms with Crippen molar-refractivity contribution in [1.82, 2.24) is 5.32 Å². The van der Waals surface area contributed by atoms with Crippen LogP contribution in [0.15, 0.2) is 0 Å². The number of ether oxygens (including phenoxy) is 3. The third kappa shape index (κ3) is 5.21. The van der Waals surface area contributed by atoms with Crippen LogP contribution in [-0.2, 0) is 14.2 Å². The molecule has 0 aromatic carbocycles. The number of nitrogens with one attached hydrogen (secondary N) is 1. The standard InChI is InChI=1S/C9H19NO3/c1-2-11-6-4-10-7-9-3-5-12-8-13-9/h9-10H,2-8H2,1H3. The Morgan fingerprint density at radius 3 is 3.15 bits per heavy atom. The summed E-state index contributed by atoms with van der Waals surface area (Å²) in [5.41, 5.74) is 0. The molecule has 0 radical (unpaired) electrons. The van der Waals surface area contributed by atoms with E-state index in [2.05, 4.69) is 5.32 Å². The smallest absolute Gasteiger partial charge is 0.147 e. The van der Waals surface area contributed by atoms with Crippen LogP contribution in [0.1, 0.15) is 13.3 Å². The van der Waals surface area contributed by atoms with Crippen molar-refractivity contribution in [3.05, 3.63) is 0 Å². The highest BCUT2D eigenvalue weighted by atomic mass is 16.7. The molecule has 0 amide bonds. The fourth-order valence-electron chi connectivity index (χ4n) is 1.21. The van der Waals surface area contributed by atoms with Gasteiger partial charge in [-0.15, -0.1) is 0 Å². The molecule has 0 bridgehead atoms. The first-order chi connectivity index (χ1) is 6.43. The Bertz CT molecular complexity index is 115. The van der Waals surface area contributed by atoms with Crippen molar-refractivity contribution in [2.45, 2.75) is 19.4 Å². The fraction of sp³-hybridized carbons (Fsp3) is 1.00. The van der Waals surface area contributed by atoms with Crippen LogP contribution in [0.2, 0.25) is 0 Å². The van der Waals surface area contributed by atoms with Crippen molar-refractivity contribution in [2.24, 2.45) is 0 Å². The molecule has 78 valence electrons. The molecule has 4 nitrogen and oxygen atoms in total. The lowest BCUT2D eigenvalue weighted by atomic mass is 10.2. The van der Waals surface area contributed by atoms with Crippen molar-refractivity contribution in [3.63, 3.8) is 0 Å². The summed E-state index contributed by atoms with van der Waals surface area (Å²) < 4.78 is 15.6. The zero-order valence-corrected chi connectivity index (χ0v) is 8.25. The molecule has 13 heavy (non-hydrogen) atoms. The van der Waals surface area contributed by atoms with Gasteiger partial charge in [0.15, 0.2) is 0 Å². The summed E-state index contributed by atoms with van der Waals surface area (Å²) in [6, 6.07) is 0. The van der Waals surface area contributed by atoms with E-state index in [1.54, 1.807) is 0 Å². The van der Waals surface area contributed by atoms with E-state index in [1.165, 1.54) is 0 Å². The van der Waals surface area contributed by atoms with E-state index in [1.807, 2.05) is 6.92 Å². The quantitative estimate of drug-likeness (QED) is 0.613. The first-order valence-corrected chi connectivity index (χ1v) is 4.91. The lowest BCUT2D eigenvalue weighted by Crippen LogP contribution is -2.35. The zero-order chi connectivity index (χ0) is 9.36. The first kappa shape index (κ1) is 10.9. The molecule has 0 spiro atoms. The van der Waals surface area contributed by atoms with Crippen molar-refractivity contribution in [1.29, 1.82) is 0 Å². The van der Waals surface area contributed by atoms with Gasteiger partial charge in [0.1, 0.15) is 6.79 Å². The summed E-state index contributed by atoms with van der Waals surface area (Å²) in [6.45, 7) is 6.62. The van der Waals surface area contributed by atoms with E-state index in [0.717, 1.165) is 39.3 Å². The highest BCUT2D eigenvalue weighted by molar-refractivity contribution is 4.63. The van der Waals surface area contributed by atoms with Gasteiger partial charge >= 0.3 is 0 Å². The molecule has 0 aliphatic carbocycles. The number of hydrogen-bond acceptors (Lipinski definition) is 4. The molecular weight excluding hydrogens is 170 g/mol. The van der Waals surface area contributed by atoms with Gasteiger partial charge in [0.25, 0.3) is 0 Å². The molecule has 1 saturated heterocycles. The van der Waals surface area contributed by atoms with E-state index < -0.39 is 0 Å². The van der Waals surface area contributed by atoms with Crippen LogP contribution >= 0.6 is 0 Å². The van der Waals surface area contributed by atoms with Crippen molar-refractivity contribution in [3.8, 4) is 0 Å². The molecule has 1 atom stereocenters. The van der Waals surface area contributed by atoms with Gasteiger partial charge in [-0.2, -0.15) is 0 Å². The monoisotopic (exact) mass is 189 g/mol. The average molecular weight is 189 g/mol. The molecule has 1 fully saturated rings. The van der Waals surface area contributed by atoms with Crippen molar-refractivity contribution < 1.29 is 14.2 Å². The number of hydrogen-bond donors (Lipinski definition) is 1. The summed E-state index contributed by atoms with van der Waals surface area (Å²) in [5.74, 6) is 0. The predicted molar refractivity (Wildman–Crippen MR) is 49.7 cm³/mol. The third-order valence-electron chi connectivity index (χ3n) is 1.97. The highest BCUT2D eigenvalue weighted by Gasteiger charge is 2.12. The maximum atomic E-state index is 5.36. The van der Waals surface area contributed by atoms with Crippen molar-refractivity contribution in [2.75, 3.05) is 39.7 Å². The second kappa shape index (κ2) is 7.26. The Hall–Kier alpha value is -0.160. The topological polar surface area (TPSA) is 39.7 Å². The SMILES string of the molecule is CCOCCNCC1CCOCO1. The summed E-state index contributed by atoms with van der Waals surface area (Å²) in [4.78, 5) is 0. The molecule has 0 aromatic rings. The van der Waals surface area contributed by atoms with Crippen LogP contribution in [0.4, 0.5) is 0 Å². The second-order valence-electron chi connectivity index (χ2n) is 3.00. The second-order valence-corrected chi connectivity index (χ2v) is 3.00. The molecule has 1 heterocycles. The van der Waals surface area contributed by atoms with Gasteiger partial charge in [-0.05, 0) is 13.3 Å². The van der Waals surface area contributed by atoms with E-state index in [0.29, 0.717) is 12.9 Å². The Morgan fingerprint density at radius 2 is 2.46 bits per heavy atom. The Balaban J connectivity index is 1.86. The highest BCUT2D eigenvalue weighted by Crippen LogP contribution is 2.03. The van der Waals surface area contributed by atoms with Gasteiger partial charge in [0.05, 0.1) is 19.3 Å². The van der Waals surface area contributed by atoms with Crippen molar-refractivity contribution >= 4 is 0 Å². The van der Waals surface area contributed by atoms with Gasteiger partial charge in [-0.1, -0.05) is 0 Å². The minimum absolute atomic E-state index is 0.315. The van der Waals surface area contributed by atoms with E-state index in [9.17, 15) is 0 Å². The van der Waals surface area contributed by atoms with E-state index in [-0.39, 0.29) is 0 Å². The molecule has 1 aliphatic heterocycles. The zero-order valence-electron chi connectivity index (χ0n) is 8.25. The van der Waals surface area contributed by atoms with Crippen LogP contribution in [0.3, 0.4) is 0 Å². The first-order valence-electron chi connectivity index (χ1n) is 4.91. The van der Waals surface area contributed by atoms with Crippen LogP contribution in [0.5, 0.6) is 0 Å². The Morgan fingerprint density at radius 1 is 1.54 bits per heavy atom. The number of rotatable bonds is 6. The normalized spacial score (nSPS) is 23.3. The third-order valence-corrected chi connectivity index (χ3v) is 1.97. The van der Waals surface area contributed by atoms with Crippen LogP contribution in [0.25, 0.3) is 0 Å². The van der Waals surface area contributed by atoms with Gasteiger partial charge in [0.2, 0.25) is 0 Å². The molecule has 4 heteroatoms. The summed E-state index contributed by atoms with van der Waals surface area (Å²) in [7, 11) is 0.